The van der Waals surface area contributed by atoms with E-state index in [4.69, 9.17) is 27.9 Å². The van der Waals surface area contributed by atoms with Crippen LogP contribution >= 0.6 is 23.2 Å². The second-order valence-corrected chi connectivity index (χ2v) is 12.7. The molecular formula is C24H25Cl2F3N2O4S. The zero-order chi connectivity index (χ0) is 26.9. The molecule has 0 bridgehead atoms. The minimum atomic E-state index is -4.63. The normalized spacial score (nSPS) is 20.6. The molecule has 1 aliphatic heterocycles. The van der Waals surface area contributed by atoms with Gasteiger partial charge in [-0.3, -0.25) is 4.79 Å². The minimum Gasteiger partial charge on any atom is -0.444 e. The molecule has 1 unspecified atom stereocenters. The van der Waals surface area contributed by atoms with Gasteiger partial charge in [0.15, 0.2) is 0 Å². The summed E-state index contributed by atoms with van der Waals surface area (Å²) < 4.78 is 63.1. The van der Waals surface area contributed by atoms with Crippen molar-refractivity contribution in [2.45, 2.75) is 51.4 Å². The van der Waals surface area contributed by atoms with Crippen LogP contribution in [0.3, 0.4) is 0 Å². The Morgan fingerprint density at radius 1 is 1.17 bits per heavy atom. The van der Waals surface area contributed by atoms with Crippen molar-refractivity contribution in [2.24, 2.45) is 4.36 Å². The molecule has 0 radical (unpaired) electrons. The van der Waals surface area contributed by atoms with Gasteiger partial charge in [0.05, 0.1) is 15.3 Å². The molecule has 2 atom stereocenters. The molecule has 3 rings (SSSR count). The van der Waals surface area contributed by atoms with E-state index in [1.165, 1.54) is 18.2 Å². The smallest absolute Gasteiger partial charge is 0.416 e. The summed E-state index contributed by atoms with van der Waals surface area (Å²) in [7, 11) is -3.12. The van der Waals surface area contributed by atoms with Gasteiger partial charge in [-0.05, 0) is 62.9 Å². The number of ether oxygens (including phenoxy) is 1. The van der Waals surface area contributed by atoms with Crippen LogP contribution in [-0.2, 0) is 31.9 Å². The van der Waals surface area contributed by atoms with Crippen molar-refractivity contribution < 1.29 is 31.7 Å². The summed E-state index contributed by atoms with van der Waals surface area (Å²) in [5, 5.41) is 3.06. The van der Waals surface area contributed by atoms with Crippen LogP contribution in [-0.4, -0.2) is 39.4 Å². The van der Waals surface area contributed by atoms with Gasteiger partial charge in [0.1, 0.15) is 11.6 Å². The number of carbonyl (C=O) groups excluding carboxylic acids is 2. The van der Waals surface area contributed by atoms with Crippen molar-refractivity contribution in [3.05, 3.63) is 57.6 Å². The number of hydrogen-bond acceptors (Lipinski definition) is 4. The third-order valence-electron chi connectivity index (χ3n) is 5.31. The minimum absolute atomic E-state index is 0.0347. The first-order chi connectivity index (χ1) is 16.6. The number of rotatable bonds is 5. The number of nitrogens with one attached hydrogen (secondary N) is 1. The number of hydrogen-bond donors (Lipinski definition) is 1. The van der Waals surface area contributed by atoms with E-state index in [0.29, 0.717) is 16.1 Å². The standard InChI is InChI=1S/C24H25Cl2F3N2O4S/c1-23(2,3)35-22(33)30-20-9-11-36(34,31-21(20)32)10-8-15-12-14(4-7-18(15)24(27,28)29)17-6-5-16(25)13-19(17)26/h4-7,12-13,20H,8-11H2,1-3H3,(H,30,33)/t20-,36?/m0/s1. The number of halogens is 5. The molecule has 0 aliphatic carbocycles. The highest BCUT2D eigenvalue weighted by Crippen LogP contribution is 2.37. The maximum absolute atomic E-state index is 13.7. The summed E-state index contributed by atoms with van der Waals surface area (Å²) >= 11 is 12.1. The van der Waals surface area contributed by atoms with Crippen LogP contribution in [0.15, 0.2) is 40.8 Å². The molecule has 36 heavy (non-hydrogen) atoms. The number of carbonyl (C=O) groups is 2. The zero-order valence-corrected chi connectivity index (χ0v) is 22.1. The fourth-order valence-electron chi connectivity index (χ4n) is 3.67. The Bertz CT molecular complexity index is 1300. The molecule has 196 valence electrons. The molecule has 12 heteroatoms. The van der Waals surface area contributed by atoms with Gasteiger partial charge < -0.3 is 10.1 Å². The van der Waals surface area contributed by atoms with Crippen molar-refractivity contribution in [1.82, 2.24) is 5.32 Å². The molecular weight excluding hydrogens is 540 g/mol. The fraction of sp³-hybridized carbons (Fsp3) is 0.417. The number of alkyl carbamates (subject to hydrolysis) is 1. The molecule has 0 fully saturated rings. The second-order valence-electron chi connectivity index (χ2n) is 9.34. The van der Waals surface area contributed by atoms with Crippen LogP contribution in [0, 0.1) is 0 Å². The fourth-order valence-corrected chi connectivity index (χ4v) is 6.17. The van der Waals surface area contributed by atoms with Crippen molar-refractivity contribution in [3.63, 3.8) is 0 Å². The van der Waals surface area contributed by atoms with Crippen LogP contribution in [0.1, 0.15) is 38.3 Å². The van der Waals surface area contributed by atoms with Gasteiger partial charge >= 0.3 is 12.3 Å². The molecule has 2 aromatic carbocycles. The van der Waals surface area contributed by atoms with Crippen molar-refractivity contribution >= 4 is 44.9 Å². The zero-order valence-electron chi connectivity index (χ0n) is 19.7. The van der Waals surface area contributed by atoms with Crippen LogP contribution in [0.2, 0.25) is 10.0 Å². The lowest BCUT2D eigenvalue weighted by Crippen LogP contribution is -2.46. The average molecular weight is 565 g/mol. The van der Waals surface area contributed by atoms with Crippen LogP contribution in [0.4, 0.5) is 18.0 Å². The predicted molar refractivity (Wildman–Crippen MR) is 134 cm³/mol. The van der Waals surface area contributed by atoms with E-state index in [1.54, 1.807) is 32.9 Å². The average Bonchev–Trinajstić information content (AvgIpc) is 2.72. The number of benzene rings is 2. The third-order valence-corrected chi connectivity index (χ3v) is 8.09. The summed E-state index contributed by atoms with van der Waals surface area (Å²) in [5.74, 6) is -1.10. The van der Waals surface area contributed by atoms with E-state index in [0.717, 1.165) is 6.07 Å². The molecule has 2 aromatic rings. The van der Waals surface area contributed by atoms with Crippen molar-refractivity contribution in [1.29, 1.82) is 0 Å². The number of nitrogens with zero attached hydrogens (tertiary/aromatic N) is 1. The van der Waals surface area contributed by atoms with Crippen LogP contribution < -0.4 is 5.32 Å². The third kappa shape index (κ3) is 7.36. The lowest BCUT2D eigenvalue weighted by atomic mass is 9.97. The first kappa shape index (κ1) is 28.3. The van der Waals surface area contributed by atoms with Gasteiger partial charge in [0.25, 0.3) is 5.91 Å². The molecule has 0 aromatic heterocycles. The first-order valence-corrected chi connectivity index (χ1v) is 13.6. The van der Waals surface area contributed by atoms with Crippen LogP contribution in [0.5, 0.6) is 0 Å². The highest BCUT2D eigenvalue weighted by Gasteiger charge is 2.35. The quantitative estimate of drug-likeness (QED) is 0.448. The van der Waals surface area contributed by atoms with Gasteiger partial charge in [-0.25, -0.2) is 9.00 Å². The Hall–Kier alpha value is -2.30. The SMILES string of the molecule is CC(C)(C)OC(=O)N[C@H]1CCS(=O)(CCc2cc(-c3ccc(Cl)cc3Cl)ccc2C(F)(F)F)=NC1=O. The largest absolute Gasteiger partial charge is 0.444 e. The topological polar surface area (TPSA) is 84.8 Å². The molecule has 0 saturated heterocycles. The van der Waals surface area contributed by atoms with E-state index in [-0.39, 0.29) is 34.9 Å². The Labute approximate surface area is 217 Å². The second kappa shape index (κ2) is 10.6. The lowest BCUT2D eigenvalue weighted by Gasteiger charge is -2.25. The summed E-state index contributed by atoms with van der Waals surface area (Å²) in [5.41, 5.74) is -0.800. The summed E-state index contributed by atoms with van der Waals surface area (Å²) in [4.78, 5) is 24.4. The Kier molecular flexibility index (Phi) is 8.32. The molecule has 0 saturated carbocycles. The predicted octanol–water partition coefficient (Wildman–Crippen LogP) is 6.51. The van der Waals surface area contributed by atoms with E-state index >= 15 is 0 Å². The van der Waals surface area contributed by atoms with Gasteiger partial charge in [-0.2, -0.15) is 17.5 Å². The van der Waals surface area contributed by atoms with Gasteiger partial charge in [0.2, 0.25) is 0 Å². The Balaban J connectivity index is 1.82. The maximum Gasteiger partial charge on any atom is 0.416 e. The molecule has 2 amide bonds. The highest BCUT2D eigenvalue weighted by atomic mass is 35.5. The van der Waals surface area contributed by atoms with Crippen molar-refractivity contribution in [2.75, 3.05) is 11.5 Å². The monoisotopic (exact) mass is 564 g/mol. The van der Waals surface area contributed by atoms with Gasteiger partial charge in [-0.15, -0.1) is 0 Å². The molecule has 1 aliphatic rings. The molecule has 1 heterocycles. The number of alkyl halides is 3. The van der Waals surface area contributed by atoms with E-state index in [9.17, 15) is 27.0 Å². The summed E-state index contributed by atoms with van der Waals surface area (Å²) in [6.07, 6.45) is -5.64. The maximum atomic E-state index is 13.7. The lowest BCUT2D eigenvalue weighted by molar-refractivity contribution is -0.138. The highest BCUT2D eigenvalue weighted by molar-refractivity contribution is 7.93. The Morgan fingerprint density at radius 3 is 2.44 bits per heavy atom. The summed E-state index contributed by atoms with van der Waals surface area (Å²) in [6.45, 7) is 4.99. The summed E-state index contributed by atoms with van der Waals surface area (Å²) in [6, 6.07) is 7.26. The molecule has 0 spiro atoms. The molecule has 6 nitrogen and oxygen atoms in total. The number of amides is 2. The van der Waals surface area contributed by atoms with Gasteiger partial charge in [0, 0.05) is 27.1 Å². The van der Waals surface area contributed by atoms with Gasteiger partial charge in [-0.1, -0.05) is 41.4 Å². The Morgan fingerprint density at radius 2 is 1.86 bits per heavy atom. The number of aryl methyl sites for hydroxylation is 1. The van der Waals surface area contributed by atoms with Crippen LogP contribution in [0.25, 0.3) is 11.1 Å². The van der Waals surface area contributed by atoms with E-state index in [1.807, 2.05) is 0 Å². The van der Waals surface area contributed by atoms with E-state index < -0.39 is 45.1 Å². The first-order valence-electron chi connectivity index (χ1n) is 11.0. The van der Waals surface area contributed by atoms with Crippen molar-refractivity contribution in [3.8, 4) is 11.1 Å². The molecule has 1 N–H and O–H groups in total. The van der Waals surface area contributed by atoms with E-state index in [2.05, 4.69) is 9.68 Å².